The van der Waals surface area contributed by atoms with E-state index in [1.165, 1.54) is 0 Å². The van der Waals surface area contributed by atoms with Gasteiger partial charge in [0.1, 0.15) is 12.3 Å². The number of hydrogen-bond donors (Lipinski definition) is 1. The van der Waals surface area contributed by atoms with E-state index in [1.807, 2.05) is 54.6 Å². The number of hydrogen-bond acceptors (Lipinski definition) is 5. The lowest BCUT2D eigenvalue weighted by Crippen LogP contribution is -2.36. The molecule has 7 nitrogen and oxygen atoms in total. The Morgan fingerprint density at radius 2 is 1.33 bits per heavy atom. The Hall–Kier alpha value is -4.13. The molecule has 0 radical (unpaired) electrons. The third-order valence-electron chi connectivity index (χ3n) is 5.28. The third kappa shape index (κ3) is 5.57. The Labute approximate surface area is 191 Å². The van der Waals surface area contributed by atoms with E-state index in [2.05, 4.69) is 5.32 Å². The van der Waals surface area contributed by atoms with Crippen LogP contribution in [0.2, 0.25) is 0 Å². The average Bonchev–Trinajstić information content (AvgIpc) is 3.02. The van der Waals surface area contributed by atoms with Crippen LogP contribution in [0.5, 0.6) is 5.75 Å². The quantitative estimate of drug-likeness (QED) is 0.566. The second-order valence-corrected chi connectivity index (χ2v) is 7.53. The number of nitrogens with one attached hydrogen (secondary N) is 1. The van der Waals surface area contributed by atoms with Crippen LogP contribution in [0, 0.1) is 0 Å². The summed E-state index contributed by atoms with van der Waals surface area (Å²) in [5, 5.41) is 2.43. The van der Waals surface area contributed by atoms with Crippen molar-refractivity contribution in [3.63, 3.8) is 0 Å². The van der Waals surface area contributed by atoms with E-state index in [0.29, 0.717) is 5.75 Å². The molecule has 4 rings (SSSR count). The first-order valence-electron chi connectivity index (χ1n) is 10.7. The summed E-state index contributed by atoms with van der Waals surface area (Å²) in [5.41, 5.74) is 3.68. The molecule has 1 aliphatic rings. The van der Waals surface area contributed by atoms with Crippen molar-refractivity contribution in [1.82, 2.24) is 5.32 Å². The van der Waals surface area contributed by atoms with Crippen molar-refractivity contribution in [1.29, 1.82) is 0 Å². The van der Waals surface area contributed by atoms with Crippen LogP contribution in [0.25, 0.3) is 0 Å². The van der Waals surface area contributed by atoms with E-state index in [4.69, 9.17) is 9.47 Å². The van der Waals surface area contributed by atoms with Gasteiger partial charge in [-0.3, -0.25) is 19.3 Å². The zero-order valence-corrected chi connectivity index (χ0v) is 18.0. The van der Waals surface area contributed by atoms with Crippen LogP contribution in [0.3, 0.4) is 0 Å². The minimum absolute atomic E-state index is 0.225. The van der Waals surface area contributed by atoms with E-state index in [-0.39, 0.29) is 19.1 Å². The predicted octanol–water partition coefficient (Wildman–Crippen LogP) is 3.19. The topological polar surface area (TPSA) is 84.9 Å². The number of benzene rings is 3. The summed E-state index contributed by atoms with van der Waals surface area (Å²) in [4.78, 5) is 38.7. The van der Waals surface area contributed by atoms with Gasteiger partial charge in [0.05, 0.1) is 11.4 Å². The monoisotopic (exact) mass is 444 g/mol. The Kier molecular flexibility index (Phi) is 6.99. The van der Waals surface area contributed by atoms with Gasteiger partial charge < -0.3 is 14.8 Å². The molecule has 1 aliphatic heterocycles. The van der Waals surface area contributed by atoms with E-state index in [0.717, 1.165) is 35.3 Å². The van der Waals surface area contributed by atoms with Crippen LogP contribution in [0.1, 0.15) is 11.1 Å². The molecule has 3 aromatic rings. The van der Waals surface area contributed by atoms with Gasteiger partial charge >= 0.3 is 5.97 Å². The van der Waals surface area contributed by atoms with Gasteiger partial charge in [0, 0.05) is 0 Å². The minimum Gasteiger partial charge on any atom is -0.484 e. The second kappa shape index (κ2) is 10.5. The van der Waals surface area contributed by atoms with Crippen LogP contribution < -0.4 is 15.0 Å². The number of esters is 1. The fraction of sp³-hybridized carbons (Fsp3) is 0.192. The molecule has 0 atom stereocenters. The lowest BCUT2D eigenvalue weighted by Gasteiger charge is -2.24. The number of para-hydroxylation sites is 3. The highest BCUT2D eigenvalue weighted by atomic mass is 16.5. The van der Waals surface area contributed by atoms with Crippen molar-refractivity contribution >= 4 is 29.2 Å². The first-order chi connectivity index (χ1) is 16.1. The van der Waals surface area contributed by atoms with Crippen molar-refractivity contribution < 1.29 is 23.9 Å². The Morgan fingerprint density at radius 3 is 1.97 bits per heavy atom. The fourth-order valence-corrected chi connectivity index (χ4v) is 3.69. The number of aryl methyl sites for hydroxylation is 2. The van der Waals surface area contributed by atoms with E-state index >= 15 is 0 Å². The van der Waals surface area contributed by atoms with Gasteiger partial charge in [-0.2, -0.15) is 0 Å². The summed E-state index contributed by atoms with van der Waals surface area (Å²) < 4.78 is 10.5. The van der Waals surface area contributed by atoms with Crippen LogP contribution >= 0.6 is 0 Å². The van der Waals surface area contributed by atoms with Gasteiger partial charge in [0.25, 0.3) is 11.8 Å². The Balaban J connectivity index is 1.33. The lowest BCUT2D eigenvalue weighted by molar-refractivity contribution is -0.147. The van der Waals surface area contributed by atoms with Crippen molar-refractivity contribution in [2.75, 3.05) is 24.7 Å². The zero-order chi connectivity index (χ0) is 23.0. The molecular weight excluding hydrogens is 420 g/mol. The molecule has 0 spiro atoms. The number of carbonyl (C=O) groups is 3. The molecule has 0 aromatic heterocycles. The van der Waals surface area contributed by atoms with E-state index < -0.39 is 18.5 Å². The van der Waals surface area contributed by atoms with Gasteiger partial charge in [-0.15, -0.1) is 0 Å². The highest BCUT2D eigenvalue weighted by Gasteiger charge is 2.26. The standard InChI is InChI=1S/C26H24N2O5/c29-24(17-32-21-10-2-1-3-11-21)27-16-26(31)33-18-25(30)28-22-12-6-4-8-19(22)14-15-20-9-5-7-13-23(20)28/h1-13H,14-18H2,(H,27,29). The summed E-state index contributed by atoms with van der Waals surface area (Å²) in [7, 11) is 0. The van der Waals surface area contributed by atoms with Gasteiger partial charge in [0.15, 0.2) is 13.2 Å². The number of anilines is 2. The predicted molar refractivity (Wildman–Crippen MR) is 123 cm³/mol. The summed E-state index contributed by atoms with van der Waals surface area (Å²) in [5.74, 6) is -0.965. The van der Waals surface area contributed by atoms with Crippen molar-refractivity contribution in [3.05, 3.63) is 90.0 Å². The highest BCUT2D eigenvalue weighted by molar-refractivity contribution is 6.03. The number of rotatable bonds is 7. The molecular formula is C26H24N2O5. The Bertz CT molecular complexity index is 1100. The van der Waals surface area contributed by atoms with Gasteiger partial charge in [-0.1, -0.05) is 54.6 Å². The first-order valence-corrected chi connectivity index (χ1v) is 10.7. The highest BCUT2D eigenvalue weighted by Crippen LogP contribution is 2.35. The number of ether oxygens (including phenoxy) is 2. The molecule has 0 aliphatic carbocycles. The lowest BCUT2D eigenvalue weighted by atomic mass is 10.0. The largest absolute Gasteiger partial charge is 0.484 e. The molecule has 3 aromatic carbocycles. The zero-order valence-electron chi connectivity index (χ0n) is 18.0. The van der Waals surface area contributed by atoms with Crippen LogP contribution in [-0.2, 0) is 32.0 Å². The Morgan fingerprint density at radius 1 is 0.758 bits per heavy atom. The van der Waals surface area contributed by atoms with Crippen molar-refractivity contribution in [2.45, 2.75) is 12.8 Å². The normalized spacial score (nSPS) is 12.1. The number of fused-ring (bicyclic) bond motifs is 2. The fourth-order valence-electron chi connectivity index (χ4n) is 3.69. The van der Waals surface area contributed by atoms with Crippen molar-refractivity contribution in [3.8, 4) is 5.75 Å². The van der Waals surface area contributed by atoms with Crippen LogP contribution in [-0.4, -0.2) is 37.5 Å². The maximum absolute atomic E-state index is 13.1. The molecule has 7 heteroatoms. The number of amides is 2. The molecule has 2 amide bonds. The van der Waals surface area contributed by atoms with Gasteiger partial charge in [-0.25, -0.2) is 0 Å². The van der Waals surface area contributed by atoms with Gasteiger partial charge in [0.2, 0.25) is 0 Å². The van der Waals surface area contributed by atoms with E-state index in [1.54, 1.807) is 29.2 Å². The molecule has 1 heterocycles. The molecule has 0 fully saturated rings. The number of carbonyl (C=O) groups excluding carboxylic acids is 3. The molecule has 168 valence electrons. The summed E-state index contributed by atoms with van der Waals surface area (Å²) in [6.07, 6.45) is 1.63. The van der Waals surface area contributed by atoms with Gasteiger partial charge in [-0.05, 0) is 48.2 Å². The minimum atomic E-state index is -0.701. The van der Waals surface area contributed by atoms with Crippen LogP contribution in [0.15, 0.2) is 78.9 Å². The molecule has 0 unspecified atom stereocenters. The third-order valence-corrected chi connectivity index (χ3v) is 5.28. The van der Waals surface area contributed by atoms with Crippen molar-refractivity contribution in [2.24, 2.45) is 0 Å². The molecule has 0 saturated carbocycles. The number of nitrogens with zero attached hydrogens (tertiary/aromatic N) is 1. The smallest absolute Gasteiger partial charge is 0.325 e. The second-order valence-electron chi connectivity index (χ2n) is 7.53. The maximum Gasteiger partial charge on any atom is 0.325 e. The first kappa shape index (κ1) is 22.1. The molecule has 33 heavy (non-hydrogen) atoms. The summed E-state index contributed by atoms with van der Waals surface area (Å²) in [6, 6.07) is 24.3. The molecule has 0 bridgehead atoms. The van der Waals surface area contributed by atoms with E-state index in [9.17, 15) is 14.4 Å². The molecule has 1 N–H and O–H groups in total. The SMILES string of the molecule is O=C(COc1ccccc1)NCC(=O)OCC(=O)N1c2ccccc2CCc2ccccc21. The molecule has 0 saturated heterocycles. The summed E-state index contributed by atoms with van der Waals surface area (Å²) >= 11 is 0. The maximum atomic E-state index is 13.1. The average molecular weight is 444 g/mol. The van der Waals surface area contributed by atoms with Crippen LogP contribution in [0.4, 0.5) is 11.4 Å². The summed E-state index contributed by atoms with van der Waals surface area (Å²) in [6.45, 7) is -1.01.